The molecule has 2 rings (SSSR count). The molecule has 0 saturated heterocycles. The van der Waals surface area contributed by atoms with Crippen LogP contribution in [0.2, 0.25) is 0 Å². The van der Waals surface area contributed by atoms with E-state index >= 15 is 0 Å². The Morgan fingerprint density at radius 1 is 1.29 bits per heavy atom. The van der Waals surface area contributed by atoms with Crippen LogP contribution < -0.4 is 5.32 Å². The molecule has 2 nitrogen and oxygen atoms in total. The van der Waals surface area contributed by atoms with E-state index in [4.69, 9.17) is 0 Å². The molecule has 1 heterocycles. The van der Waals surface area contributed by atoms with Gasteiger partial charge >= 0.3 is 0 Å². The van der Waals surface area contributed by atoms with E-state index in [2.05, 4.69) is 47.6 Å². The Morgan fingerprint density at radius 3 is 2.82 bits per heavy atom. The monoisotopic (exact) mass is 246 g/mol. The molecule has 0 aliphatic rings. The molecule has 1 unspecified atom stereocenters. The van der Waals surface area contributed by atoms with E-state index in [0.29, 0.717) is 5.92 Å². The summed E-state index contributed by atoms with van der Waals surface area (Å²) in [6, 6.07) is 10.6. The highest BCUT2D eigenvalue weighted by atomic mass is 32.1. The van der Waals surface area contributed by atoms with Crippen molar-refractivity contribution in [2.45, 2.75) is 19.3 Å². The third-order valence-electron chi connectivity index (χ3n) is 2.82. The van der Waals surface area contributed by atoms with E-state index in [0.717, 1.165) is 19.5 Å². The summed E-state index contributed by atoms with van der Waals surface area (Å²) in [6.07, 6.45) is 2.89. The Labute approximate surface area is 107 Å². The zero-order chi connectivity index (χ0) is 11.9. The molecule has 1 aromatic heterocycles. The van der Waals surface area contributed by atoms with Gasteiger partial charge in [0.05, 0.1) is 5.01 Å². The lowest BCUT2D eigenvalue weighted by atomic mass is 10.0. The van der Waals surface area contributed by atoms with Crippen molar-refractivity contribution in [2.24, 2.45) is 0 Å². The Morgan fingerprint density at radius 2 is 2.12 bits per heavy atom. The van der Waals surface area contributed by atoms with Crippen LogP contribution in [0.25, 0.3) is 0 Å². The molecule has 0 fully saturated rings. The largest absolute Gasteiger partial charge is 0.316 e. The molecule has 0 radical (unpaired) electrons. The fourth-order valence-electron chi connectivity index (χ4n) is 1.79. The van der Waals surface area contributed by atoms with Gasteiger partial charge < -0.3 is 5.32 Å². The van der Waals surface area contributed by atoms with Gasteiger partial charge in [0.15, 0.2) is 0 Å². The van der Waals surface area contributed by atoms with Crippen LogP contribution in [-0.2, 0) is 6.42 Å². The van der Waals surface area contributed by atoms with E-state index in [-0.39, 0.29) is 0 Å². The van der Waals surface area contributed by atoms with Crippen LogP contribution in [0.1, 0.15) is 23.4 Å². The van der Waals surface area contributed by atoms with Gasteiger partial charge in [-0.1, -0.05) is 37.3 Å². The molecule has 2 aromatic rings. The molecule has 0 aliphatic carbocycles. The Hall–Kier alpha value is -1.19. The number of hydrogen-bond donors (Lipinski definition) is 1. The van der Waals surface area contributed by atoms with Crippen molar-refractivity contribution in [1.82, 2.24) is 10.3 Å². The van der Waals surface area contributed by atoms with Gasteiger partial charge in [-0.05, 0) is 11.5 Å². The van der Waals surface area contributed by atoms with Crippen molar-refractivity contribution in [3.05, 3.63) is 52.5 Å². The number of benzene rings is 1. The highest BCUT2D eigenvalue weighted by Gasteiger charge is 2.03. The number of nitrogens with one attached hydrogen (secondary N) is 1. The third-order valence-corrected chi connectivity index (χ3v) is 3.66. The number of hydrogen-bond acceptors (Lipinski definition) is 3. The second-order valence-electron chi connectivity index (χ2n) is 4.19. The average molecular weight is 246 g/mol. The summed E-state index contributed by atoms with van der Waals surface area (Å²) in [5, 5.41) is 6.73. The minimum Gasteiger partial charge on any atom is -0.316 e. The van der Waals surface area contributed by atoms with Crippen LogP contribution in [0.4, 0.5) is 0 Å². The van der Waals surface area contributed by atoms with Crippen molar-refractivity contribution in [1.29, 1.82) is 0 Å². The second-order valence-corrected chi connectivity index (χ2v) is 5.17. The van der Waals surface area contributed by atoms with E-state index < -0.39 is 0 Å². The van der Waals surface area contributed by atoms with Gasteiger partial charge in [0.25, 0.3) is 0 Å². The molecule has 90 valence electrons. The molecular weight excluding hydrogens is 228 g/mol. The molecule has 3 heteroatoms. The summed E-state index contributed by atoms with van der Waals surface area (Å²) in [6.45, 7) is 4.28. The van der Waals surface area contributed by atoms with Gasteiger partial charge in [-0.25, -0.2) is 4.98 Å². The fraction of sp³-hybridized carbons (Fsp3) is 0.357. The van der Waals surface area contributed by atoms with E-state index in [1.54, 1.807) is 11.3 Å². The molecule has 0 spiro atoms. The predicted molar refractivity (Wildman–Crippen MR) is 73.5 cm³/mol. The van der Waals surface area contributed by atoms with Crippen LogP contribution in [0.3, 0.4) is 0 Å². The Balaban J connectivity index is 1.68. The molecule has 0 aliphatic heterocycles. The number of nitrogens with zero attached hydrogens (tertiary/aromatic N) is 1. The maximum absolute atomic E-state index is 4.27. The maximum Gasteiger partial charge on any atom is 0.0937 e. The molecular formula is C14H18N2S. The predicted octanol–water partition coefficient (Wildman–Crippen LogP) is 3.08. The number of aromatic nitrogens is 1. The molecule has 0 saturated carbocycles. The first-order valence-electron chi connectivity index (χ1n) is 6.00. The second kappa shape index (κ2) is 6.52. The van der Waals surface area contributed by atoms with E-state index in [1.165, 1.54) is 10.6 Å². The standard InChI is InChI=1S/C14H18N2S/c1-12(13-5-3-2-4-6-13)11-15-8-7-14-16-9-10-17-14/h2-6,9-10,12,15H,7-8,11H2,1H3. The molecule has 17 heavy (non-hydrogen) atoms. The van der Waals surface area contributed by atoms with Gasteiger partial charge in [-0.2, -0.15) is 0 Å². The van der Waals surface area contributed by atoms with Crippen molar-refractivity contribution >= 4 is 11.3 Å². The van der Waals surface area contributed by atoms with Crippen LogP contribution >= 0.6 is 11.3 Å². The van der Waals surface area contributed by atoms with E-state index in [9.17, 15) is 0 Å². The lowest BCUT2D eigenvalue weighted by Gasteiger charge is -2.12. The topological polar surface area (TPSA) is 24.9 Å². The summed E-state index contributed by atoms with van der Waals surface area (Å²) in [4.78, 5) is 4.27. The smallest absolute Gasteiger partial charge is 0.0937 e. The molecule has 0 amide bonds. The number of rotatable bonds is 6. The van der Waals surface area contributed by atoms with Gasteiger partial charge in [-0.15, -0.1) is 11.3 Å². The summed E-state index contributed by atoms with van der Waals surface area (Å²) in [5.41, 5.74) is 1.40. The Bertz CT molecular complexity index is 411. The first kappa shape index (κ1) is 12.3. The van der Waals surface area contributed by atoms with Crippen molar-refractivity contribution in [2.75, 3.05) is 13.1 Å². The SMILES string of the molecule is CC(CNCCc1nccs1)c1ccccc1. The summed E-state index contributed by atoms with van der Waals surface area (Å²) in [7, 11) is 0. The van der Waals surface area contributed by atoms with Crippen molar-refractivity contribution in [3.8, 4) is 0 Å². The fourth-order valence-corrected chi connectivity index (χ4v) is 2.41. The summed E-state index contributed by atoms with van der Waals surface area (Å²) in [5.74, 6) is 0.562. The van der Waals surface area contributed by atoms with E-state index in [1.807, 2.05) is 11.6 Å². The highest BCUT2D eigenvalue weighted by Crippen LogP contribution is 2.13. The van der Waals surface area contributed by atoms with Crippen molar-refractivity contribution in [3.63, 3.8) is 0 Å². The Kier molecular flexibility index (Phi) is 4.71. The van der Waals surface area contributed by atoms with Crippen LogP contribution in [0.15, 0.2) is 41.9 Å². The zero-order valence-electron chi connectivity index (χ0n) is 10.1. The number of thiazole rings is 1. The highest BCUT2D eigenvalue weighted by molar-refractivity contribution is 7.09. The first-order valence-corrected chi connectivity index (χ1v) is 6.88. The van der Waals surface area contributed by atoms with Crippen molar-refractivity contribution < 1.29 is 0 Å². The minimum absolute atomic E-state index is 0.562. The first-order chi connectivity index (χ1) is 8.36. The van der Waals surface area contributed by atoms with Crippen LogP contribution in [0.5, 0.6) is 0 Å². The van der Waals surface area contributed by atoms with Gasteiger partial charge in [-0.3, -0.25) is 0 Å². The molecule has 1 atom stereocenters. The van der Waals surface area contributed by atoms with Crippen LogP contribution in [0, 0.1) is 0 Å². The molecule has 1 aromatic carbocycles. The lowest BCUT2D eigenvalue weighted by molar-refractivity contribution is 0.614. The molecule has 1 N–H and O–H groups in total. The third kappa shape index (κ3) is 3.95. The minimum atomic E-state index is 0.562. The zero-order valence-corrected chi connectivity index (χ0v) is 10.9. The van der Waals surface area contributed by atoms with Crippen LogP contribution in [-0.4, -0.2) is 18.1 Å². The maximum atomic E-state index is 4.27. The van der Waals surface area contributed by atoms with Gasteiger partial charge in [0.1, 0.15) is 0 Å². The summed E-state index contributed by atoms with van der Waals surface area (Å²) < 4.78 is 0. The molecule has 0 bridgehead atoms. The summed E-state index contributed by atoms with van der Waals surface area (Å²) >= 11 is 1.73. The quantitative estimate of drug-likeness (QED) is 0.792. The normalized spacial score (nSPS) is 12.5. The average Bonchev–Trinajstić information content (AvgIpc) is 2.88. The lowest BCUT2D eigenvalue weighted by Crippen LogP contribution is -2.22. The van der Waals surface area contributed by atoms with Gasteiger partial charge in [0, 0.05) is 31.1 Å². The van der Waals surface area contributed by atoms with Gasteiger partial charge in [0.2, 0.25) is 0 Å².